The highest BCUT2D eigenvalue weighted by Gasteiger charge is 2.58. The molecule has 9 aliphatic rings. The molecule has 3 saturated heterocycles. The molecule has 6 fully saturated rings. The van der Waals surface area contributed by atoms with Crippen molar-refractivity contribution in [1.82, 2.24) is 44.6 Å². The van der Waals surface area contributed by atoms with Crippen LogP contribution >= 0.6 is 0 Å². The Morgan fingerprint density at radius 2 is 0.764 bits per heavy atom. The molecule has 0 N–H and O–H groups in total. The van der Waals surface area contributed by atoms with Crippen molar-refractivity contribution in [1.29, 1.82) is 0 Å². The Bertz CT molecular complexity index is 5750. The third kappa shape index (κ3) is 25.5. The maximum Gasteiger partial charge on any atom is 0.329 e. The van der Waals surface area contributed by atoms with Gasteiger partial charge in [-0.3, -0.25) is 28.8 Å². The molecular formula is C105H136F5N9O21. The highest BCUT2D eigenvalue weighted by atomic mass is 19.3. The molecule has 3 aliphatic carbocycles. The lowest BCUT2D eigenvalue weighted by molar-refractivity contribution is -0.167. The number of amides is 3. The Labute approximate surface area is 814 Å². The normalized spacial score (nSPS) is 28.6. The molecule has 3 aromatic heterocycles. The number of alkyl halides is 4. The smallest absolute Gasteiger partial charge is 0.329 e. The molecule has 3 aromatic carbocycles. The Morgan fingerprint density at radius 3 is 1.15 bits per heavy atom. The second kappa shape index (κ2) is 41.3. The third-order valence-electron chi connectivity index (χ3n) is 27.1. The summed E-state index contributed by atoms with van der Waals surface area (Å²) >= 11 is 0. The van der Waals surface area contributed by atoms with Crippen LogP contribution in [0.15, 0.2) is 85.0 Å². The van der Waals surface area contributed by atoms with Crippen molar-refractivity contribution in [2.24, 2.45) is 69.5 Å². The molecule has 35 heteroatoms. The Morgan fingerprint density at radius 1 is 0.414 bits per heavy atom. The second-order valence-corrected chi connectivity index (χ2v) is 44.8. The molecule has 0 unspecified atom stereocenters. The van der Waals surface area contributed by atoms with Crippen LogP contribution in [0.5, 0.6) is 34.9 Å². The summed E-state index contributed by atoms with van der Waals surface area (Å²) < 4.78 is 149. The maximum atomic E-state index is 16.0. The Kier molecular flexibility index (Phi) is 31.2. The summed E-state index contributed by atoms with van der Waals surface area (Å²) in [7, 11) is 4.51. The molecule has 6 aromatic rings. The average molecular weight is 1960 g/mol. The summed E-state index contributed by atoms with van der Waals surface area (Å²) in [6.45, 7) is 37.3. The van der Waals surface area contributed by atoms with E-state index in [4.69, 9.17) is 56.8 Å². The van der Waals surface area contributed by atoms with Crippen LogP contribution in [-0.4, -0.2) is 211 Å². The van der Waals surface area contributed by atoms with Gasteiger partial charge in [0.1, 0.15) is 88.8 Å². The number of allylic oxidation sites excluding steroid dienone is 5. The number of carbonyl (C=O) groups is 9. The number of fused-ring (bicyclic) bond motifs is 15. The Hall–Kier alpha value is -11.4. The summed E-state index contributed by atoms with van der Waals surface area (Å²) in [5.74, 6) is -15.7. The van der Waals surface area contributed by atoms with E-state index in [9.17, 15) is 43.2 Å². The zero-order chi connectivity index (χ0) is 102. The summed E-state index contributed by atoms with van der Waals surface area (Å²) in [4.78, 5) is 155. The van der Waals surface area contributed by atoms with Crippen LogP contribution < -0.4 is 28.4 Å². The molecule has 762 valence electrons. The molecule has 9 heterocycles. The van der Waals surface area contributed by atoms with Crippen molar-refractivity contribution in [3.63, 3.8) is 0 Å². The van der Waals surface area contributed by atoms with Crippen LogP contribution in [0, 0.1) is 69.5 Å². The number of ether oxygens (including phenoxy) is 12. The van der Waals surface area contributed by atoms with Gasteiger partial charge in [0.15, 0.2) is 22.9 Å². The van der Waals surface area contributed by atoms with E-state index in [-0.39, 0.29) is 121 Å². The van der Waals surface area contributed by atoms with Gasteiger partial charge in [-0.1, -0.05) is 108 Å². The van der Waals surface area contributed by atoms with Crippen molar-refractivity contribution in [3.8, 4) is 34.9 Å². The first kappa shape index (κ1) is 106. The molecule has 3 amide bonds. The fourth-order valence-corrected chi connectivity index (χ4v) is 18.8. The van der Waals surface area contributed by atoms with Gasteiger partial charge in [0.05, 0.1) is 111 Å². The minimum absolute atomic E-state index is 0.0151. The molecule has 6 aliphatic heterocycles. The first-order chi connectivity index (χ1) is 65.3. The van der Waals surface area contributed by atoms with Gasteiger partial charge in [-0.15, -0.1) is 0 Å². The third-order valence-corrected chi connectivity index (χ3v) is 27.1. The van der Waals surface area contributed by atoms with Gasteiger partial charge in [0.25, 0.3) is 5.92 Å². The molecule has 30 nitrogen and oxygen atoms in total. The molecular weight excluding hydrogens is 1820 g/mol. The van der Waals surface area contributed by atoms with Crippen LogP contribution in [-0.2, 0) is 83.4 Å². The van der Waals surface area contributed by atoms with Crippen molar-refractivity contribution in [2.75, 3.05) is 41.0 Å². The fraction of sp³-hybridized carbons (Fsp3) is 0.629. The summed E-state index contributed by atoms with van der Waals surface area (Å²) in [6.07, 6.45) is 7.38. The van der Waals surface area contributed by atoms with E-state index in [1.54, 1.807) is 144 Å². The van der Waals surface area contributed by atoms with Gasteiger partial charge in [-0.2, -0.15) is 17.6 Å². The van der Waals surface area contributed by atoms with Crippen molar-refractivity contribution >= 4 is 92.5 Å². The monoisotopic (exact) mass is 1950 g/mol. The van der Waals surface area contributed by atoms with Crippen LogP contribution in [0.1, 0.15) is 246 Å². The first-order valence-corrected chi connectivity index (χ1v) is 48.5. The maximum absolute atomic E-state index is 16.0. The highest BCUT2D eigenvalue weighted by Crippen LogP contribution is 2.49. The number of hydrogen-bond acceptors (Lipinski definition) is 27. The van der Waals surface area contributed by atoms with Crippen LogP contribution in [0.3, 0.4) is 0 Å². The van der Waals surface area contributed by atoms with Crippen molar-refractivity contribution in [3.05, 3.63) is 102 Å². The van der Waals surface area contributed by atoms with Gasteiger partial charge in [0.2, 0.25) is 35.4 Å². The lowest BCUT2D eigenvalue weighted by atomic mass is 9.77. The summed E-state index contributed by atoms with van der Waals surface area (Å²) in [5, 5.41) is 0. The molecule has 3 saturated carbocycles. The number of esters is 6. The van der Waals surface area contributed by atoms with E-state index < -0.39 is 194 Å². The number of methoxy groups -OCH3 is 3. The van der Waals surface area contributed by atoms with Gasteiger partial charge >= 0.3 is 41.7 Å². The largest absolute Gasteiger partial charge is 0.497 e. The zero-order valence-electron chi connectivity index (χ0n) is 84.8. The number of hydrogen-bond donors (Lipinski definition) is 0. The van der Waals surface area contributed by atoms with E-state index in [1.807, 2.05) is 68.4 Å². The lowest BCUT2D eigenvalue weighted by Gasteiger charge is -2.35. The number of aromatic nitrogens is 6. The first-order valence-electron chi connectivity index (χ1n) is 48.5. The standard InChI is InChI=1S/C35H47F2N3O7.C35H45F2N3O7.C35H44FN3O7/c2*1-19-26-18-40(28(19)32(43)47-34(5,6)7)31(42)22(33(2,3)4)17-27(41)45-25-15-20(25)11-9-10-14-35(36,37)29-30(46-26)39-24-16-21(44-8)12-13-23(24)38-29;1-19-27-18-39(30(19)33(42)46-35(5,6)7)32(41)22(34(2,3)4)17-28(40)44-26-15-20(26)11-9-10-12-23(36)29-31(45-27)38-25-16-21(43-8)13-14-24(25)37-29/h12-13,16,19-20,22,25-26,28H,9-11,14-15,17-18H2,1-8H3;10,12-14,16,19-20,22,25-26,28H,9,11,15,17-18H2,1-8H3;9-10,12-14,16,19-20,22,26-27,30H,11,15,17-18H2,1-8H3/b;14-10+;10-9+,23-12?/t2*19-,20-,22-,25-,26+,28+;19-,20-,22-,26-,27+,30+/m111/s1. The minimum atomic E-state index is -3.56. The molecule has 15 rings (SSSR count). The van der Waals surface area contributed by atoms with Gasteiger partial charge in [-0.05, 0) is 190 Å². The van der Waals surface area contributed by atoms with E-state index in [2.05, 4.69) is 29.9 Å². The van der Waals surface area contributed by atoms with Crippen LogP contribution in [0.25, 0.3) is 38.9 Å². The predicted octanol–water partition coefficient (Wildman–Crippen LogP) is 18.1. The minimum Gasteiger partial charge on any atom is -0.497 e. The van der Waals surface area contributed by atoms with E-state index in [1.165, 1.54) is 48.2 Å². The average Bonchev–Trinajstić information content (AvgIpc) is 1.72. The Balaban J connectivity index is 0.000000177. The number of rotatable bonds is 6. The highest BCUT2D eigenvalue weighted by molar-refractivity contribution is 5.93. The SMILES string of the molecule is COc1ccc2nc3c(nc2c1)O[C@H]1CN(C(=O)[C@H](C(C)(C)C)CC(=O)O[C@@H]2C[C@H]2C/C=C/C=C3F)[C@H](C(=O)OC(C)(C)C)[C@@H]1C.COc1ccc2nc3c(nc2c1)O[C@H]1CN(C(=O)[C@H](C(C)(C)C)CC(=O)O[C@@H]2C[C@H]2CC/C=C/C3(F)F)[C@H](C(=O)OC(C)(C)C)[C@@H]1C.COc1ccc2nc3c(nc2c1)O[C@H]1CN(C(=O)[C@H](C(C)(C)C)CC(=O)O[C@@H]2C[C@H]2CCCCC3(F)F)[C@H](C(=O)OC(C)(C)C)[C@@H]1C. The van der Waals surface area contributed by atoms with Gasteiger partial charge in [-0.25, -0.2) is 48.7 Å². The van der Waals surface area contributed by atoms with E-state index in [0.717, 1.165) is 6.08 Å². The molecule has 18 atom stereocenters. The number of halogens is 5. The van der Waals surface area contributed by atoms with Crippen molar-refractivity contribution in [2.45, 2.75) is 312 Å². The second-order valence-electron chi connectivity index (χ2n) is 44.8. The molecule has 0 spiro atoms. The van der Waals surface area contributed by atoms with Crippen LogP contribution in [0.2, 0.25) is 0 Å². The lowest BCUT2D eigenvalue weighted by Crippen LogP contribution is -2.50. The van der Waals surface area contributed by atoms with E-state index >= 15 is 22.0 Å². The van der Waals surface area contributed by atoms with E-state index in [0.29, 0.717) is 85.2 Å². The topological polar surface area (TPSA) is 351 Å². The van der Waals surface area contributed by atoms with Crippen molar-refractivity contribution < 1.29 is 122 Å². The number of carbonyl (C=O) groups excluding carboxylic acids is 9. The zero-order valence-corrected chi connectivity index (χ0v) is 84.8. The molecule has 0 radical (unpaired) electrons. The number of nitrogens with zero attached hydrogens (tertiary/aromatic N) is 9. The molecule has 6 bridgehead atoms. The summed E-state index contributed by atoms with van der Waals surface area (Å²) in [5.41, 5.74) is -3.95. The van der Waals surface area contributed by atoms with Crippen LogP contribution in [0.4, 0.5) is 22.0 Å². The van der Waals surface area contributed by atoms with Gasteiger partial charge in [0, 0.05) is 48.3 Å². The summed E-state index contributed by atoms with van der Waals surface area (Å²) in [6, 6.07) is 11.4. The predicted molar refractivity (Wildman–Crippen MR) is 507 cm³/mol. The van der Waals surface area contributed by atoms with Gasteiger partial charge < -0.3 is 71.5 Å². The number of benzene rings is 3. The fourth-order valence-electron chi connectivity index (χ4n) is 18.8. The molecule has 140 heavy (non-hydrogen) atoms. The quantitative estimate of drug-likeness (QED) is 0.0647.